The zero-order valence-corrected chi connectivity index (χ0v) is 10.2. The van der Waals surface area contributed by atoms with Crippen molar-refractivity contribution in [2.24, 2.45) is 0 Å². The zero-order chi connectivity index (χ0) is 13.5. The van der Waals surface area contributed by atoms with Crippen LogP contribution in [0.5, 0.6) is 0 Å². The highest BCUT2D eigenvalue weighted by Gasteiger charge is 2.52. The van der Waals surface area contributed by atoms with Crippen LogP contribution in [0.1, 0.15) is 48.2 Å². The Bertz CT molecular complexity index is 517. The minimum atomic E-state index is -1.14. The molecular formula is C11H14N4O4. The lowest BCUT2D eigenvalue weighted by Gasteiger charge is -2.09. The minimum absolute atomic E-state index is 0.0107. The minimum Gasteiger partial charge on any atom is -0.480 e. The first kappa shape index (κ1) is 12.1. The Hall–Kier alpha value is -1.96. The molecule has 2 heterocycles. The Labute approximate surface area is 108 Å². The van der Waals surface area contributed by atoms with E-state index in [4.69, 9.17) is 9.63 Å². The molecule has 1 saturated heterocycles. The van der Waals surface area contributed by atoms with E-state index in [0.29, 0.717) is 18.7 Å². The number of amides is 1. The van der Waals surface area contributed by atoms with Crippen LogP contribution in [0.25, 0.3) is 0 Å². The van der Waals surface area contributed by atoms with Crippen molar-refractivity contribution in [2.45, 2.75) is 37.3 Å². The Morgan fingerprint density at radius 1 is 1.47 bits per heavy atom. The summed E-state index contributed by atoms with van der Waals surface area (Å²) >= 11 is 0. The van der Waals surface area contributed by atoms with Crippen LogP contribution >= 0.6 is 0 Å². The maximum absolute atomic E-state index is 11.9. The van der Waals surface area contributed by atoms with Gasteiger partial charge in [0.2, 0.25) is 5.89 Å². The molecule has 2 aliphatic rings. The molecular weight excluding hydrogens is 252 g/mol. The zero-order valence-electron chi connectivity index (χ0n) is 10.2. The van der Waals surface area contributed by atoms with Gasteiger partial charge in [-0.1, -0.05) is 5.16 Å². The number of carbonyl (C=O) groups is 2. The maximum Gasteiger partial charge on any atom is 0.329 e. The molecule has 1 aromatic heterocycles. The SMILES string of the molecule is O=C(NC1(C(=O)O)CC1)c1noc(C2CCCN2)n1. The fraction of sp³-hybridized carbons (Fsp3) is 0.636. The lowest BCUT2D eigenvalue weighted by atomic mass is 10.2. The summed E-state index contributed by atoms with van der Waals surface area (Å²) in [6, 6.07) is -0.0107. The van der Waals surface area contributed by atoms with Crippen molar-refractivity contribution in [3.8, 4) is 0 Å². The van der Waals surface area contributed by atoms with Crippen LogP contribution < -0.4 is 10.6 Å². The van der Waals surface area contributed by atoms with Gasteiger partial charge in [0.1, 0.15) is 5.54 Å². The van der Waals surface area contributed by atoms with Gasteiger partial charge in [-0.25, -0.2) is 4.79 Å². The van der Waals surface area contributed by atoms with Gasteiger partial charge in [0.05, 0.1) is 6.04 Å². The normalized spacial score (nSPS) is 24.1. The number of nitrogens with zero attached hydrogens (tertiary/aromatic N) is 2. The fourth-order valence-electron chi connectivity index (χ4n) is 2.15. The van der Waals surface area contributed by atoms with Crippen molar-refractivity contribution in [1.29, 1.82) is 0 Å². The first-order chi connectivity index (χ1) is 9.11. The van der Waals surface area contributed by atoms with E-state index in [0.717, 1.165) is 19.4 Å². The molecule has 3 rings (SSSR count). The topological polar surface area (TPSA) is 117 Å². The smallest absolute Gasteiger partial charge is 0.329 e. The molecule has 2 fully saturated rings. The lowest BCUT2D eigenvalue weighted by Crippen LogP contribution is -2.43. The van der Waals surface area contributed by atoms with Crippen molar-refractivity contribution < 1.29 is 19.2 Å². The van der Waals surface area contributed by atoms with Crippen LogP contribution in [0.3, 0.4) is 0 Å². The van der Waals surface area contributed by atoms with Crippen molar-refractivity contribution >= 4 is 11.9 Å². The molecule has 102 valence electrons. The van der Waals surface area contributed by atoms with Crippen molar-refractivity contribution in [3.63, 3.8) is 0 Å². The highest BCUT2D eigenvalue weighted by molar-refractivity contribution is 5.96. The average molecular weight is 266 g/mol. The number of hydrogen-bond donors (Lipinski definition) is 3. The van der Waals surface area contributed by atoms with E-state index in [1.54, 1.807) is 0 Å². The molecule has 1 atom stereocenters. The molecule has 19 heavy (non-hydrogen) atoms. The molecule has 0 aromatic carbocycles. The van der Waals surface area contributed by atoms with Gasteiger partial charge < -0.3 is 20.3 Å². The largest absolute Gasteiger partial charge is 0.480 e. The first-order valence-electron chi connectivity index (χ1n) is 6.24. The molecule has 0 bridgehead atoms. The molecule has 1 saturated carbocycles. The Morgan fingerprint density at radius 3 is 2.84 bits per heavy atom. The highest BCUT2D eigenvalue weighted by Crippen LogP contribution is 2.35. The molecule has 1 aromatic rings. The van der Waals surface area contributed by atoms with Crippen molar-refractivity contribution in [1.82, 2.24) is 20.8 Å². The van der Waals surface area contributed by atoms with Gasteiger partial charge in [0.25, 0.3) is 11.7 Å². The average Bonchev–Trinajstić information content (AvgIpc) is 2.87. The number of aliphatic carboxylic acids is 1. The third kappa shape index (κ3) is 2.19. The fourth-order valence-corrected chi connectivity index (χ4v) is 2.15. The van der Waals surface area contributed by atoms with Crippen molar-refractivity contribution in [3.05, 3.63) is 11.7 Å². The molecule has 1 amide bonds. The first-order valence-corrected chi connectivity index (χ1v) is 6.24. The van der Waals surface area contributed by atoms with Gasteiger partial charge in [-0.2, -0.15) is 4.98 Å². The van der Waals surface area contributed by atoms with Gasteiger partial charge in [0, 0.05) is 0 Å². The van der Waals surface area contributed by atoms with Crippen molar-refractivity contribution in [2.75, 3.05) is 6.54 Å². The molecule has 1 unspecified atom stereocenters. The summed E-state index contributed by atoms with van der Waals surface area (Å²) < 4.78 is 5.03. The standard InChI is InChI=1S/C11H14N4O4/c16-8(14-11(3-4-11)10(17)18)7-13-9(19-15-7)6-2-1-5-12-6/h6,12H,1-5H2,(H,14,16)(H,17,18). The van der Waals surface area contributed by atoms with Gasteiger partial charge >= 0.3 is 5.97 Å². The second kappa shape index (κ2) is 4.30. The van der Waals surface area contributed by atoms with Crippen LogP contribution in [0, 0.1) is 0 Å². The predicted molar refractivity (Wildman–Crippen MR) is 61.3 cm³/mol. The van der Waals surface area contributed by atoms with Gasteiger partial charge in [-0.15, -0.1) is 0 Å². The molecule has 8 heteroatoms. The second-order valence-corrected chi connectivity index (χ2v) is 4.95. The summed E-state index contributed by atoms with van der Waals surface area (Å²) in [6.45, 7) is 0.886. The molecule has 3 N–H and O–H groups in total. The molecule has 0 spiro atoms. The summed E-state index contributed by atoms with van der Waals surface area (Å²) in [5, 5.41) is 18.2. The predicted octanol–water partition coefficient (Wildman–Crippen LogP) is -0.159. The lowest BCUT2D eigenvalue weighted by molar-refractivity contribution is -0.140. The number of carboxylic acid groups (broad SMARTS) is 1. The molecule has 8 nitrogen and oxygen atoms in total. The number of carboxylic acids is 1. The van der Waals surface area contributed by atoms with E-state index in [2.05, 4.69) is 20.8 Å². The van der Waals surface area contributed by atoms with Crippen LogP contribution in [0.4, 0.5) is 0 Å². The summed E-state index contributed by atoms with van der Waals surface area (Å²) in [5.74, 6) is -1.37. The Balaban J connectivity index is 1.69. The number of hydrogen-bond acceptors (Lipinski definition) is 6. The van der Waals surface area contributed by atoms with Gasteiger partial charge in [-0.05, 0) is 32.2 Å². The number of rotatable bonds is 4. The van der Waals surface area contributed by atoms with Crippen LogP contribution in [0.2, 0.25) is 0 Å². The molecule has 0 radical (unpaired) electrons. The van der Waals surface area contributed by atoms with Crippen LogP contribution in [-0.4, -0.2) is 39.2 Å². The van der Waals surface area contributed by atoms with E-state index in [9.17, 15) is 9.59 Å². The monoisotopic (exact) mass is 266 g/mol. The number of aromatic nitrogens is 2. The number of carbonyl (C=O) groups excluding carboxylic acids is 1. The summed E-state index contributed by atoms with van der Waals surface area (Å²) in [4.78, 5) is 26.8. The van der Waals surface area contributed by atoms with E-state index in [-0.39, 0.29) is 11.9 Å². The highest BCUT2D eigenvalue weighted by atomic mass is 16.5. The second-order valence-electron chi connectivity index (χ2n) is 4.95. The summed E-state index contributed by atoms with van der Waals surface area (Å²) in [5.41, 5.74) is -1.14. The van der Waals surface area contributed by atoms with Gasteiger partial charge in [0.15, 0.2) is 0 Å². The van der Waals surface area contributed by atoms with E-state index in [1.807, 2.05) is 0 Å². The van der Waals surface area contributed by atoms with Crippen LogP contribution in [0.15, 0.2) is 4.52 Å². The summed E-state index contributed by atoms with van der Waals surface area (Å²) in [6.07, 6.45) is 2.78. The van der Waals surface area contributed by atoms with E-state index in [1.165, 1.54) is 0 Å². The van der Waals surface area contributed by atoms with Crippen LogP contribution in [-0.2, 0) is 4.79 Å². The maximum atomic E-state index is 11.9. The Kier molecular flexibility index (Phi) is 2.74. The molecule has 1 aliphatic carbocycles. The number of nitrogens with one attached hydrogen (secondary N) is 2. The third-order valence-electron chi connectivity index (χ3n) is 3.52. The van der Waals surface area contributed by atoms with Gasteiger partial charge in [-0.3, -0.25) is 4.79 Å². The summed E-state index contributed by atoms with van der Waals surface area (Å²) in [7, 11) is 0. The quantitative estimate of drug-likeness (QED) is 0.693. The van der Waals surface area contributed by atoms with E-state index >= 15 is 0 Å². The van der Waals surface area contributed by atoms with E-state index < -0.39 is 17.4 Å². The molecule has 1 aliphatic heterocycles. The third-order valence-corrected chi connectivity index (χ3v) is 3.52. The Morgan fingerprint density at radius 2 is 2.26 bits per heavy atom.